The number of aliphatic hydroxyl groups excluding tert-OH is 1. The number of hydrogen-bond acceptors (Lipinski definition) is 2. The molecular weight excluding hydrogens is 273 g/mol. The number of rotatable bonds is 6. The highest BCUT2D eigenvalue weighted by atomic mass is 35.5. The molecule has 0 bridgehead atoms. The van der Waals surface area contributed by atoms with E-state index in [9.17, 15) is 4.79 Å². The quantitative estimate of drug-likeness (QED) is 0.789. The van der Waals surface area contributed by atoms with Crippen LogP contribution in [0.1, 0.15) is 37.8 Å². The molecule has 0 saturated carbocycles. The minimum atomic E-state index is -0.156. The Kier molecular flexibility index (Phi) is 6.47. The number of carbonyl (C=O) groups is 1. The molecule has 1 unspecified atom stereocenters. The predicted octanol–water partition coefficient (Wildman–Crippen LogP) is 3.33. The summed E-state index contributed by atoms with van der Waals surface area (Å²) in [6.07, 6.45) is 1.74. The molecule has 5 heteroatoms. The van der Waals surface area contributed by atoms with Gasteiger partial charge in [-0.3, -0.25) is 4.79 Å². The highest BCUT2D eigenvalue weighted by Crippen LogP contribution is 2.26. The molecule has 0 aromatic heterocycles. The van der Waals surface area contributed by atoms with Gasteiger partial charge in [0, 0.05) is 23.1 Å². The summed E-state index contributed by atoms with van der Waals surface area (Å²) >= 11 is 11.9. The molecule has 18 heavy (non-hydrogen) atoms. The largest absolute Gasteiger partial charge is 0.396 e. The molecular formula is C13H17Cl2NO2. The Morgan fingerprint density at radius 3 is 2.72 bits per heavy atom. The summed E-state index contributed by atoms with van der Waals surface area (Å²) in [5.74, 6) is -0.0398. The molecule has 1 rings (SSSR count). The van der Waals surface area contributed by atoms with Crippen molar-refractivity contribution in [1.29, 1.82) is 0 Å². The van der Waals surface area contributed by atoms with Gasteiger partial charge in [0.15, 0.2) is 0 Å². The molecule has 0 fully saturated rings. The van der Waals surface area contributed by atoms with E-state index in [-0.39, 0.29) is 18.6 Å². The van der Waals surface area contributed by atoms with Gasteiger partial charge in [0.05, 0.1) is 6.04 Å². The molecule has 0 aliphatic rings. The highest BCUT2D eigenvalue weighted by Gasteiger charge is 2.12. The van der Waals surface area contributed by atoms with Crippen LogP contribution in [0, 0.1) is 0 Å². The van der Waals surface area contributed by atoms with Gasteiger partial charge in [-0.15, -0.1) is 0 Å². The number of benzene rings is 1. The van der Waals surface area contributed by atoms with Gasteiger partial charge in [-0.1, -0.05) is 29.3 Å². The van der Waals surface area contributed by atoms with Crippen molar-refractivity contribution < 1.29 is 9.90 Å². The van der Waals surface area contributed by atoms with E-state index in [1.54, 1.807) is 12.1 Å². The minimum absolute atomic E-state index is 0.0398. The molecule has 0 radical (unpaired) electrons. The van der Waals surface area contributed by atoms with Crippen molar-refractivity contribution in [2.24, 2.45) is 0 Å². The molecule has 1 aromatic rings. The first kappa shape index (κ1) is 15.3. The van der Waals surface area contributed by atoms with Gasteiger partial charge in [-0.05, 0) is 37.5 Å². The third kappa shape index (κ3) is 4.84. The third-order valence-electron chi connectivity index (χ3n) is 2.62. The summed E-state index contributed by atoms with van der Waals surface area (Å²) in [6.45, 7) is 1.99. The molecule has 0 heterocycles. The number of unbranched alkanes of at least 4 members (excludes halogenated alkanes) is 1. The Morgan fingerprint density at radius 1 is 1.39 bits per heavy atom. The van der Waals surface area contributed by atoms with Crippen LogP contribution in [0.25, 0.3) is 0 Å². The Balaban J connectivity index is 2.54. The van der Waals surface area contributed by atoms with Gasteiger partial charge in [-0.25, -0.2) is 0 Å². The molecule has 0 aliphatic heterocycles. The van der Waals surface area contributed by atoms with Crippen LogP contribution in [0.4, 0.5) is 0 Å². The molecule has 1 aromatic carbocycles. The third-order valence-corrected chi connectivity index (χ3v) is 3.18. The summed E-state index contributed by atoms with van der Waals surface area (Å²) in [5, 5.41) is 12.6. The van der Waals surface area contributed by atoms with Crippen molar-refractivity contribution in [3.63, 3.8) is 0 Å². The SMILES string of the molecule is CC(NC(=O)CCCCO)c1ccc(Cl)cc1Cl. The zero-order valence-corrected chi connectivity index (χ0v) is 11.8. The molecule has 1 amide bonds. The van der Waals surface area contributed by atoms with E-state index >= 15 is 0 Å². The summed E-state index contributed by atoms with van der Waals surface area (Å²) in [4.78, 5) is 11.6. The van der Waals surface area contributed by atoms with Gasteiger partial charge in [0.2, 0.25) is 5.91 Å². The van der Waals surface area contributed by atoms with Gasteiger partial charge in [-0.2, -0.15) is 0 Å². The Labute approximate surface area is 117 Å². The topological polar surface area (TPSA) is 49.3 Å². The fraction of sp³-hybridized carbons (Fsp3) is 0.462. The van der Waals surface area contributed by atoms with Crippen molar-refractivity contribution in [3.05, 3.63) is 33.8 Å². The predicted molar refractivity (Wildman–Crippen MR) is 74.0 cm³/mol. The second-order valence-electron chi connectivity index (χ2n) is 4.14. The lowest BCUT2D eigenvalue weighted by Crippen LogP contribution is -2.26. The molecule has 1 atom stereocenters. The maximum absolute atomic E-state index is 11.6. The van der Waals surface area contributed by atoms with Gasteiger partial charge in [0.1, 0.15) is 0 Å². The van der Waals surface area contributed by atoms with E-state index in [2.05, 4.69) is 5.32 Å². The Morgan fingerprint density at radius 2 is 2.11 bits per heavy atom. The van der Waals surface area contributed by atoms with Crippen LogP contribution in [0.3, 0.4) is 0 Å². The van der Waals surface area contributed by atoms with Gasteiger partial charge < -0.3 is 10.4 Å². The summed E-state index contributed by atoms with van der Waals surface area (Å²) in [5.41, 5.74) is 0.844. The minimum Gasteiger partial charge on any atom is -0.396 e. The van der Waals surface area contributed by atoms with Crippen LogP contribution < -0.4 is 5.32 Å². The fourth-order valence-corrected chi connectivity index (χ4v) is 2.21. The zero-order chi connectivity index (χ0) is 13.5. The molecule has 0 aliphatic carbocycles. The number of aliphatic hydroxyl groups is 1. The number of amides is 1. The Bertz CT molecular complexity index is 410. The molecule has 3 nitrogen and oxygen atoms in total. The number of hydrogen-bond donors (Lipinski definition) is 2. The number of nitrogens with one attached hydrogen (secondary N) is 1. The van der Waals surface area contributed by atoms with Crippen LogP contribution in [0.5, 0.6) is 0 Å². The molecule has 0 spiro atoms. The number of carbonyl (C=O) groups excluding carboxylic acids is 1. The first-order valence-corrected chi connectivity index (χ1v) is 6.65. The van der Waals surface area contributed by atoms with Crippen LogP contribution in [0.2, 0.25) is 10.0 Å². The standard InChI is InChI=1S/C13H17Cl2NO2/c1-9(16-13(18)4-2-3-7-17)11-6-5-10(14)8-12(11)15/h5-6,8-9,17H,2-4,7H2,1H3,(H,16,18). The fourth-order valence-electron chi connectivity index (χ4n) is 1.64. The van der Waals surface area contributed by atoms with Crippen molar-refractivity contribution >= 4 is 29.1 Å². The first-order chi connectivity index (χ1) is 8.54. The lowest BCUT2D eigenvalue weighted by molar-refractivity contribution is -0.121. The van der Waals surface area contributed by atoms with Crippen LogP contribution in [0.15, 0.2) is 18.2 Å². The lowest BCUT2D eigenvalue weighted by Gasteiger charge is -2.16. The second-order valence-corrected chi connectivity index (χ2v) is 4.98. The van der Waals surface area contributed by atoms with E-state index in [0.717, 1.165) is 5.56 Å². The summed E-state index contributed by atoms with van der Waals surface area (Å²) in [7, 11) is 0. The monoisotopic (exact) mass is 289 g/mol. The smallest absolute Gasteiger partial charge is 0.220 e. The Hall–Kier alpha value is -0.770. The molecule has 100 valence electrons. The van der Waals surface area contributed by atoms with Crippen molar-refractivity contribution in [2.45, 2.75) is 32.2 Å². The number of halogens is 2. The maximum atomic E-state index is 11.6. The van der Waals surface area contributed by atoms with Crippen molar-refractivity contribution in [3.8, 4) is 0 Å². The van der Waals surface area contributed by atoms with E-state index in [0.29, 0.717) is 29.3 Å². The van der Waals surface area contributed by atoms with E-state index in [1.807, 2.05) is 13.0 Å². The van der Waals surface area contributed by atoms with Crippen molar-refractivity contribution in [1.82, 2.24) is 5.32 Å². The maximum Gasteiger partial charge on any atom is 0.220 e. The summed E-state index contributed by atoms with van der Waals surface area (Å²) in [6, 6.07) is 5.06. The van der Waals surface area contributed by atoms with E-state index in [4.69, 9.17) is 28.3 Å². The first-order valence-electron chi connectivity index (χ1n) is 5.89. The second kappa shape index (κ2) is 7.62. The van der Waals surface area contributed by atoms with Crippen molar-refractivity contribution in [2.75, 3.05) is 6.61 Å². The summed E-state index contributed by atoms with van der Waals surface area (Å²) < 4.78 is 0. The average molecular weight is 290 g/mol. The highest BCUT2D eigenvalue weighted by molar-refractivity contribution is 6.35. The zero-order valence-electron chi connectivity index (χ0n) is 10.2. The van der Waals surface area contributed by atoms with Crippen LogP contribution in [-0.4, -0.2) is 17.6 Å². The van der Waals surface area contributed by atoms with Gasteiger partial charge in [0.25, 0.3) is 0 Å². The van der Waals surface area contributed by atoms with Crippen LogP contribution in [-0.2, 0) is 4.79 Å². The molecule has 2 N–H and O–H groups in total. The van der Waals surface area contributed by atoms with Crippen LogP contribution >= 0.6 is 23.2 Å². The lowest BCUT2D eigenvalue weighted by atomic mass is 10.1. The van der Waals surface area contributed by atoms with Gasteiger partial charge >= 0.3 is 0 Å². The van der Waals surface area contributed by atoms with E-state index < -0.39 is 0 Å². The molecule has 0 saturated heterocycles. The van der Waals surface area contributed by atoms with E-state index in [1.165, 1.54) is 0 Å². The normalized spacial score (nSPS) is 12.2. The average Bonchev–Trinajstić information content (AvgIpc) is 2.28.